The summed E-state index contributed by atoms with van der Waals surface area (Å²) in [5, 5.41) is 12.7. The number of hydrogen-bond acceptors (Lipinski definition) is 4. The lowest BCUT2D eigenvalue weighted by Crippen LogP contribution is -1.87. The lowest BCUT2D eigenvalue weighted by molar-refractivity contribution is 0.477. The average Bonchev–Trinajstić information content (AvgIpc) is 2.76. The van der Waals surface area contributed by atoms with Crippen LogP contribution < -0.4 is 0 Å². The van der Waals surface area contributed by atoms with Crippen LogP contribution in [0.25, 0.3) is 21.6 Å². The summed E-state index contributed by atoms with van der Waals surface area (Å²) in [4.78, 5) is 9.60. The number of phenolic OH excluding ortho intramolecular Hbond substituents is 1. The van der Waals surface area contributed by atoms with Gasteiger partial charge in [-0.05, 0) is 23.6 Å². The zero-order valence-electron chi connectivity index (χ0n) is 8.29. The summed E-state index contributed by atoms with van der Waals surface area (Å²) in [6, 6.07) is 9.07. The number of rotatable bonds is 1. The number of nitrogens with zero attached hydrogens (tertiary/aromatic N) is 2. The van der Waals surface area contributed by atoms with Gasteiger partial charge in [0.15, 0.2) is 5.82 Å². The van der Waals surface area contributed by atoms with Crippen molar-refractivity contribution >= 4 is 21.6 Å². The zero-order chi connectivity index (χ0) is 11.0. The van der Waals surface area contributed by atoms with E-state index in [0.29, 0.717) is 11.4 Å². The summed E-state index contributed by atoms with van der Waals surface area (Å²) in [5.41, 5.74) is 0.665. The molecule has 2 heterocycles. The Balaban J connectivity index is 2.22. The maximum absolute atomic E-state index is 9.71. The van der Waals surface area contributed by atoms with Crippen molar-refractivity contribution in [2.45, 2.75) is 0 Å². The normalized spacial score (nSPS) is 10.8. The van der Waals surface area contributed by atoms with Gasteiger partial charge in [0.25, 0.3) is 0 Å². The van der Waals surface area contributed by atoms with Crippen LogP contribution in [0, 0.1) is 0 Å². The molecule has 0 fully saturated rings. The van der Waals surface area contributed by atoms with Gasteiger partial charge in [0.2, 0.25) is 0 Å². The van der Waals surface area contributed by atoms with E-state index >= 15 is 0 Å². The lowest BCUT2D eigenvalue weighted by Gasteiger charge is -2.01. The van der Waals surface area contributed by atoms with Crippen molar-refractivity contribution in [1.82, 2.24) is 9.97 Å². The maximum Gasteiger partial charge on any atom is 0.164 e. The first kappa shape index (κ1) is 9.30. The van der Waals surface area contributed by atoms with Crippen LogP contribution in [0.2, 0.25) is 0 Å². The summed E-state index contributed by atoms with van der Waals surface area (Å²) in [7, 11) is 0. The first-order valence-electron chi connectivity index (χ1n) is 4.83. The number of fused-ring (bicyclic) bond motifs is 1. The van der Waals surface area contributed by atoms with Crippen LogP contribution in [0.4, 0.5) is 0 Å². The predicted molar refractivity (Wildman–Crippen MR) is 64.5 cm³/mol. The molecule has 2 aromatic heterocycles. The lowest BCUT2D eigenvalue weighted by atomic mass is 10.2. The molecule has 1 aromatic carbocycles. The van der Waals surface area contributed by atoms with E-state index in [9.17, 15) is 5.11 Å². The molecule has 0 spiro atoms. The number of phenols is 1. The molecule has 0 atom stereocenters. The Morgan fingerprint density at radius 3 is 2.88 bits per heavy atom. The molecular weight excluding hydrogens is 220 g/mol. The van der Waals surface area contributed by atoms with E-state index in [1.807, 2.05) is 23.6 Å². The summed E-state index contributed by atoms with van der Waals surface area (Å²) < 4.78 is 0. The van der Waals surface area contributed by atoms with Crippen LogP contribution in [0.15, 0.2) is 41.9 Å². The number of aromatic hydroxyl groups is 1. The minimum absolute atomic E-state index is 0.207. The molecule has 0 aliphatic carbocycles. The van der Waals surface area contributed by atoms with Crippen molar-refractivity contribution in [3.8, 4) is 17.1 Å². The van der Waals surface area contributed by atoms with Crippen LogP contribution in [-0.4, -0.2) is 15.1 Å². The van der Waals surface area contributed by atoms with Crippen molar-refractivity contribution in [2.24, 2.45) is 0 Å². The van der Waals surface area contributed by atoms with E-state index in [-0.39, 0.29) is 5.75 Å². The third-order valence-corrected chi connectivity index (χ3v) is 3.17. The van der Waals surface area contributed by atoms with Gasteiger partial charge < -0.3 is 5.11 Å². The van der Waals surface area contributed by atoms with Crippen LogP contribution in [0.3, 0.4) is 0 Å². The largest absolute Gasteiger partial charge is 0.507 e. The minimum Gasteiger partial charge on any atom is -0.507 e. The van der Waals surface area contributed by atoms with E-state index in [0.717, 1.165) is 10.2 Å². The summed E-state index contributed by atoms with van der Waals surface area (Å²) >= 11 is 1.57. The highest BCUT2D eigenvalue weighted by Crippen LogP contribution is 2.27. The van der Waals surface area contributed by atoms with Crippen LogP contribution in [-0.2, 0) is 0 Å². The second-order valence-corrected chi connectivity index (χ2v) is 4.29. The predicted octanol–water partition coefficient (Wildman–Crippen LogP) is 3.06. The number of aromatic nitrogens is 2. The van der Waals surface area contributed by atoms with E-state index < -0.39 is 0 Å². The Morgan fingerprint density at radius 2 is 2.00 bits per heavy atom. The topological polar surface area (TPSA) is 46.0 Å². The molecule has 16 heavy (non-hydrogen) atoms. The fourth-order valence-corrected chi connectivity index (χ4v) is 2.29. The Bertz CT molecular complexity index is 648. The molecular formula is C12H8N2OS. The van der Waals surface area contributed by atoms with E-state index in [4.69, 9.17) is 0 Å². The van der Waals surface area contributed by atoms with Gasteiger partial charge >= 0.3 is 0 Å². The molecule has 3 rings (SSSR count). The highest BCUT2D eigenvalue weighted by Gasteiger charge is 2.07. The Hall–Kier alpha value is -1.94. The number of thiophene rings is 1. The zero-order valence-corrected chi connectivity index (χ0v) is 9.11. The van der Waals surface area contributed by atoms with Crippen LogP contribution in [0.1, 0.15) is 0 Å². The second kappa shape index (κ2) is 3.57. The molecule has 3 aromatic rings. The highest BCUT2D eigenvalue weighted by molar-refractivity contribution is 7.16. The van der Waals surface area contributed by atoms with Gasteiger partial charge in [-0.15, -0.1) is 11.3 Å². The highest BCUT2D eigenvalue weighted by atomic mass is 32.1. The molecule has 3 nitrogen and oxygen atoms in total. The quantitative estimate of drug-likeness (QED) is 0.696. The monoisotopic (exact) mass is 228 g/mol. The van der Waals surface area contributed by atoms with Crippen LogP contribution in [0.5, 0.6) is 5.75 Å². The molecule has 0 aliphatic rings. The van der Waals surface area contributed by atoms with E-state index in [1.165, 1.54) is 0 Å². The molecule has 0 aliphatic heterocycles. The fourth-order valence-electron chi connectivity index (χ4n) is 1.55. The van der Waals surface area contributed by atoms with Gasteiger partial charge in [-0.25, -0.2) is 9.97 Å². The van der Waals surface area contributed by atoms with Crippen LogP contribution >= 0.6 is 11.3 Å². The maximum atomic E-state index is 9.71. The van der Waals surface area contributed by atoms with Gasteiger partial charge in [0.1, 0.15) is 10.6 Å². The van der Waals surface area contributed by atoms with Crippen molar-refractivity contribution in [3.05, 3.63) is 41.9 Å². The van der Waals surface area contributed by atoms with Crippen molar-refractivity contribution in [3.63, 3.8) is 0 Å². The Kier molecular flexibility index (Phi) is 2.08. The second-order valence-electron chi connectivity index (χ2n) is 3.39. The SMILES string of the molecule is Oc1ccccc1-c1ncc2ccsc2n1. The van der Waals surface area contributed by atoms with Gasteiger partial charge in [-0.2, -0.15) is 0 Å². The molecule has 1 N–H and O–H groups in total. The van der Waals surface area contributed by atoms with Gasteiger partial charge in [-0.1, -0.05) is 12.1 Å². The van der Waals surface area contributed by atoms with Crippen molar-refractivity contribution in [2.75, 3.05) is 0 Å². The van der Waals surface area contributed by atoms with E-state index in [2.05, 4.69) is 9.97 Å². The fraction of sp³-hybridized carbons (Fsp3) is 0. The standard InChI is InChI=1S/C12H8N2OS/c15-10-4-2-1-3-9(10)11-13-7-8-5-6-16-12(8)14-11/h1-7,15H. The smallest absolute Gasteiger partial charge is 0.164 e. The molecule has 0 amide bonds. The van der Waals surface area contributed by atoms with Gasteiger partial charge in [0, 0.05) is 11.6 Å². The molecule has 0 bridgehead atoms. The molecule has 78 valence electrons. The van der Waals surface area contributed by atoms with E-state index in [1.54, 1.807) is 29.7 Å². The molecule has 0 radical (unpaired) electrons. The average molecular weight is 228 g/mol. The first-order valence-corrected chi connectivity index (χ1v) is 5.71. The summed E-state index contributed by atoms with van der Waals surface area (Å²) in [6.07, 6.45) is 1.78. The van der Waals surface area contributed by atoms with Crippen molar-refractivity contribution in [1.29, 1.82) is 0 Å². The molecule has 4 heteroatoms. The number of hydrogen-bond donors (Lipinski definition) is 1. The van der Waals surface area contributed by atoms with Gasteiger partial charge in [-0.3, -0.25) is 0 Å². The Morgan fingerprint density at radius 1 is 1.12 bits per heavy atom. The van der Waals surface area contributed by atoms with Gasteiger partial charge in [0.05, 0.1) is 5.56 Å². The number of benzene rings is 1. The molecule has 0 saturated heterocycles. The first-order chi connectivity index (χ1) is 7.84. The minimum atomic E-state index is 0.207. The Labute approximate surface area is 96.0 Å². The third-order valence-electron chi connectivity index (χ3n) is 2.35. The van der Waals surface area contributed by atoms with Crippen molar-refractivity contribution < 1.29 is 5.11 Å². The summed E-state index contributed by atoms with van der Waals surface area (Å²) in [6.45, 7) is 0. The third kappa shape index (κ3) is 1.44. The molecule has 0 unspecified atom stereocenters. The molecule has 0 saturated carbocycles. The summed E-state index contributed by atoms with van der Waals surface area (Å²) in [5.74, 6) is 0.770. The number of para-hydroxylation sites is 1.